The number of rotatable bonds is 3. The molecule has 0 saturated carbocycles. The van der Waals surface area contributed by atoms with E-state index in [-0.39, 0.29) is 11.5 Å². The van der Waals surface area contributed by atoms with Crippen molar-refractivity contribution in [3.63, 3.8) is 0 Å². The maximum absolute atomic E-state index is 13.1. The van der Waals surface area contributed by atoms with Crippen molar-refractivity contribution in [1.29, 1.82) is 0 Å². The lowest BCUT2D eigenvalue weighted by atomic mass is 9.98. The van der Waals surface area contributed by atoms with Gasteiger partial charge in [-0.2, -0.15) is 0 Å². The predicted octanol–water partition coefficient (Wildman–Crippen LogP) is 3.69. The third-order valence-electron chi connectivity index (χ3n) is 2.36. The summed E-state index contributed by atoms with van der Waals surface area (Å²) in [7, 11) is 0. The molecule has 0 spiro atoms. The zero-order valence-corrected chi connectivity index (χ0v) is 8.28. The Hall–Kier alpha value is -0.990. The molecule has 0 aromatic heterocycles. The van der Waals surface area contributed by atoms with E-state index in [2.05, 4.69) is 0 Å². The minimum Gasteiger partial charge on any atom is -0.207 e. The molecule has 0 nitrogen and oxygen atoms in total. The van der Waals surface area contributed by atoms with Gasteiger partial charge in [0, 0.05) is 17.7 Å². The molecule has 0 bridgehead atoms. The quantitative estimate of drug-likeness (QED) is 0.701. The average Bonchev–Trinajstić information content (AvgIpc) is 2.10. The van der Waals surface area contributed by atoms with E-state index in [0.717, 1.165) is 18.6 Å². The van der Waals surface area contributed by atoms with E-state index in [1.807, 2.05) is 13.8 Å². The van der Waals surface area contributed by atoms with Crippen LogP contribution in [-0.4, -0.2) is 0 Å². The highest BCUT2D eigenvalue weighted by Crippen LogP contribution is 2.19. The minimum absolute atomic E-state index is 0.0132. The highest BCUT2D eigenvalue weighted by molar-refractivity contribution is 5.21. The molecular formula is C11H13F3. The SMILES string of the molecule is CCC(C)Cc1c(F)cc(F)cc1F. The van der Waals surface area contributed by atoms with Crippen molar-refractivity contribution in [1.82, 2.24) is 0 Å². The van der Waals surface area contributed by atoms with Crippen LogP contribution in [0.15, 0.2) is 12.1 Å². The van der Waals surface area contributed by atoms with Gasteiger partial charge in [0.15, 0.2) is 0 Å². The van der Waals surface area contributed by atoms with Crippen molar-refractivity contribution < 1.29 is 13.2 Å². The molecule has 3 heteroatoms. The van der Waals surface area contributed by atoms with Crippen LogP contribution in [0.2, 0.25) is 0 Å². The average molecular weight is 202 g/mol. The minimum atomic E-state index is -0.868. The largest absolute Gasteiger partial charge is 0.207 e. The number of hydrogen-bond donors (Lipinski definition) is 0. The summed E-state index contributed by atoms with van der Waals surface area (Å²) in [4.78, 5) is 0. The van der Waals surface area contributed by atoms with Crippen LogP contribution in [0.4, 0.5) is 13.2 Å². The van der Waals surface area contributed by atoms with Gasteiger partial charge in [0.05, 0.1) is 0 Å². The third kappa shape index (κ3) is 2.50. The molecule has 0 heterocycles. The summed E-state index contributed by atoms with van der Waals surface area (Å²) in [5.74, 6) is -2.25. The van der Waals surface area contributed by atoms with Gasteiger partial charge in [0.25, 0.3) is 0 Å². The van der Waals surface area contributed by atoms with Crippen molar-refractivity contribution >= 4 is 0 Å². The summed E-state index contributed by atoms with van der Waals surface area (Å²) >= 11 is 0. The van der Waals surface area contributed by atoms with Gasteiger partial charge in [-0.3, -0.25) is 0 Å². The van der Waals surface area contributed by atoms with Crippen molar-refractivity contribution in [3.8, 4) is 0 Å². The molecule has 1 aromatic carbocycles. The monoisotopic (exact) mass is 202 g/mol. The van der Waals surface area contributed by atoms with Crippen molar-refractivity contribution in [2.24, 2.45) is 5.92 Å². The van der Waals surface area contributed by atoms with Gasteiger partial charge in [-0.05, 0) is 12.3 Å². The van der Waals surface area contributed by atoms with Crippen molar-refractivity contribution in [2.45, 2.75) is 26.7 Å². The summed E-state index contributed by atoms with van der Waals surface area (Å²) in [6.07, 6.45) is 1.16. The van der Waals surface area contributed by atoms with Crippen LogP contribution in [-0.2, 0) is 6.42 Å². The highest BCUT2D eigenvalue weighted by atomic mass is 19.1. The van der Waals surface area contributed by atoms with Crippen LogP contribution in [0, 0.1) is 23.4 Å². The Morgan fingerprint density at radius 2 is 1.64 bits per heavy atom. The predicted molar refractivity (Wildman–Crippen MR) is 49.5 cm³/mol. The van der Waals surface area contributed by atoms with E-state index in [1.54, 1.807) is 0 Å². The van der Waals surface area contributed by atoms with E-state index in [4.69, 9.17) is 0 Å². The summed E-state index contributed by atoms with van der Waals surface area (Å²) in [5, 5.41) is 0. The van der Waals surface area contributed by atoms with Crippen molar-refractivity contribution in [3.05, 3.63) is 35.1 Å². The fourth-order valence-corrected chi connectivity index (χ4v) is 1.26. The molecule has 0 saturated heterocycles. The van der Waals surface area contributed by atoms with Crippen LogP contribution >= 0.6 is 0 Å². The van der Waals surface area contributed by atoms with E-state index < -0.39 is 17.5 Å². The standard InChI is InChI=1S/C11H13F3/c1-3-7(2)4-9-10(13)5-8(12)6-11(9)14/h5-7H,3-4H2,1-2H3. The summed E-state index contributed by atoms with van der Waals surface area (Å²) in [6.45, 7) is 3.85. The molecule has 14 heavy (non-hydrogen) atoms. The molecule has 1 rings (SSSR count). The molecule has 0 aliphatic carbocycles. The molecule has 0 aliphatic heterocycles. The number of hydrogen-bond acceptors (Lipinski definition) is 0. The van der Waals surface area contributed by atoms with Crippen molar-refractivity contribution in [2.75, 3.05) is 0 Å². The Bertz CT molecular complexity index is 297. The van der Waals surface area contributed by atoms with E-state index in [0.29, 0.717) is 6.42 Å². The van der Waals surface area contributed by atoms with E-state index >= 15 is 0 Å². The number of benzene rings is 1. The molecule has 0 fully saturated rings. The topological polar surface area (TPSA) is 0 Å². The molecule has 1 aromatic rings. The lowest BCUT2D eigenvalue weighted by molar-refractivity contribution is 0.485. The van der Waals surface area contributed by atoms with Gasteiger partial charge in [-0.25, -0.2) is 13.2 Å². The first-order valence-corrected chi connectivity index (χ1v) is 4.68. The van der Waals surface area contributed by atoms with Crippen LogP contribution < -0.4 is 0 Å². The van der Waals surface area contributed by atoms with Crippen LogP contribution in [0.25, 0.3) is 0 Å². The Kier molecular flexibility index (Phi) is 3.55. The Balaban J connectivity index is 2.96. The van der Waals surface area contributed by atoms with Gasteiger partial charge < -0.3 is 0 Å². The highest BCUT2D eigenvalue weighted by Gasteiger charge is 2.13. The van der Waals surface area contributed by atoms with Crippen LogP contribution in [0.1, 0.15) is 25.8 Å². The van der Waals surface area contributed by atoms with E-state index in [9.17, 15) is 13.2 Å². The van der Waals surface area contributed by atoms with Gasteiger partial charge in [0.2, 0.25) is 0 Å². The van der Waals surface area contributed by atoms with Crippen LogP contribution in [0.3, 0.4) is 0 Å². The van der Waals surface area contributed by atoms with Gasteiger partial charge >= 0.3 is 0 Å². The second-order valence-corrected chi connectivity index (χ2v) is 3.57. The molecule has 0 aliphatic rings. The van der Waals surface area contributed by atoms with Gasteiger partial charge in [-0.15, -0.1) is 0 Å². The van der Waals surface area contributed by atoms with E-state index in [1.165, 1.54) is 0 Å². The van der Waals surface area contributed by atoms with Gasteiger partial charge in [-0.1, -0.05) is 20.3 Å². The first-order valence-electron chi connectivity index (χ1n) is 4.68. The van der Waals surface area contributed by atoms with Crippen LogP contribution in [0.5, 0.6) is 0 Å². The lowest BCUT2D eigenvalue weighted by Crippen LogP contribution is -2.04. The first-order chi connectivity index (χ1) is 6.54. The third-order valence-corrected chi connectivity index (χ3v) is 2.36. The second-order valence-electron chi connectivity index (χ2n) is 3.57. The maximum Gasteiger partial charge on any atom is 0.132 e. The maximum atomic E-state index is 13.1. The molecular weight excluding hydrogens is 189 g/mol. The molecule has 78 valence electrons. The molecule has 0 N–H and O–H groups in total. The summed E-state index contributed by atoms with van der Waals surface area (Å²) in [5.41, 5.74) is -0.0132. The fraction of sp³-hybridized carbons (Fsp3) is 0.455. The summed E-state index contributed by atoms with van der Waals surface area (Å²) in [6, 6.07) is 1.45. The lowest BCUT2D eigenvalue weighted by Gasteiger charge is -2.10. The Morgan fingerprint density at radius 1 is 1.14 bits per heavy atom. The molecule has 1 atom stereocenters. The normalized spacial score (nSPS) is 12.9. The smallest absolute Gasteiger partial charge is 0.132 e. The zero-order chi connectivity index (χ0) is 10.7. The summed E-state index contributed by atoms with van der Waals surface area (Å²) < 4.78 is 38.8. The fourth-order valence-electron chi connectivity index (χ4n) is 1.26. The Morgan fingerprint density at radius 3 is 2.07 bits per heavy atom. The zero-order valence-electron chi connectivity index (χ0n) is 8.28. The molecule has 0 amide bonds. The Labute approximate surface area is 81.8 Å². The molecule has 0 radical (unpaired) electrons. The molecule has 1 unspecified atom stereocenters. The first kappa shape index (κ1) is 11.1. The number of halogens is 3. The second kappa shape index (κ2) is 4.49. The van der Waals surface area contributed by atoms with Gasteiger partial charge in [0.1, 0.15) is 17.5 Å².